The number of rotatable bonds is 8. The van der Waals surface area contributed by atoms with Gasteiger partial charge in [0.05, 0.1) is 13.1 Å². The molecule has 31 heavy (non-hydrogen) atoms. The van der Waals surface area contributed by atoms with Crippen molar-refractivity contribution in [3.63, 3.8) is 0 Å². The van der Waals surface area contributed by atoms with Gasteiger partial charge < -0.3 is 10.6 Å². The fourth-order valence-electron chi connectivity index (χ4n) is 3.49. The number of carbonyl (C=O) groups is 1. The number of aromatic amines is 1. The third-order valence-corrected chi connectivity index (χ3v) is 4.99. The summed E-state index contributed by atoms with van der Waals surface area (Å²) in [5.74, 6) is -0.304. The van der Waals surface area contributed by atoms with E-state index in [-0.39, 0.29) is 37.0 Å². The lowest BCUT2D eigenvalue weighted by molar-refractivity contribution is -0.119. The number of benzene rings is 2. The Morgan fingerprint density at radius 2 is 1.58 bits per heavy atom. The monoisotopic (exact) mass is 421 g/mol. The van der Waals surface area contributed by atoms with Crippen molar-refractivity contribution in [3.05, 3.63) is 92.6 Å². The van der Waals surface area contributed by atoms with Crippen LogP contribution in [0.5, 0.6) is 0 Å². The quantitative estimate of drug-likeness (QED) is 0.576. The van der Waals surface area contributed by atoms with Crippen molar-refractivity contribution in [1.29, 1.82) is 0 Å². The molecule has 0 spiro atoms. The maximum absolute atomic E-state index is 13.0. The van der Waals surface area contributed by atoms with E-state index in [4.69, 9.17) is 5.73 Å². The van der Waals surface area contributed by atoms with E-state index < -0.39 is 11.2 Å². The summed E-state index contributed by atoms with van der Waals surface area (Å²) < 4.78 is 1.27. The number of hydrogen-bond acceptors (Lipinski definition) is 5. The zero-order valence-electron chi connectivity index (χ0n) is 17.7. The molecule has 0 saturated heterocycles. The van der Waals surface area contributed by atoms with Crippen LogP contribution >= 0.6 is 0 Å². The van der Waals surface area contributed by atoms with Gasteiger partial charge in [0.1, 0.15) is 5.82 Å². The minimum atomic E-state index is -0.673. The number of nitrogen functional groups attached to an aromatic ring is 1. The maximum Gasteiger partial charge on any atom is 0.330 e. The van der Waals surface area contributed by atoms with E-state index in [0.717, 1.165) is 11.1 Å². The van der Waals surface area contributed by atoms with Gasteiger partial charge in [-0.1, -0.05) is 60.7 Å². The summed E-state index contributed by atoms with van der Waals surface area (Å²) in [6.45, 7) is 2.88. The van der Waals surface area contributed by atoms with Gasteiger partial charge in [-0.3, -0.25) is 24.0 Å². The molecule has 162 valence electrons. The second-order valence-electron chi connectivity index (χ2n) is 7.36. The average Bonchev–Trinajstić information content (AvgIpc) is 2.75. The van der Waals surface area contributed by atoms with E-state index in [1.807, 2.05) is 72.6 Å². The normalized spacial score (nSPS) is 10.9. The largest absolute Gasteiger partial charge is 0.383 e. The number of carbonyl (C=O) groups excluding carboxylic acids is 1. The van der Waals surface area contributed by atoms with E-state index in [1.165, 1.54) is 9.47 Å². The first kappa shape index (κ1) is 22.0. The molecular formula is C23H27N5O3. The van der Waals surface area contributed by atoms with E-state index in [9.17, 15) is 14.4 Å². The third-order valence-electron chi connectivity index (χ3n) is 4.99. The lowest BCUT2D eigenvalue weighted by Crippen LogP contribution is -2.44. The van der Waals surface area contributed by atoms with Crippen LogP contribution in [0, 0.1) is 0 Å². The molecule has 8 nitrogen and oxygen atoms in total. The van der Waals surface area contributed by atoms with Crippen LogP contribution in [-0.2, 0) is 17.9 Å². The summed E-state index contributed by atoms with van der Waals surface area (Å²) >= 11 is 0. The van der Waals surface area contributed by atoms with Crippen molar-refractivity contribution < 1.29 is 4.79 Å². The number of nitrogens with zero attached hydrogens (tertiary/aromatic N) is 3. The molecule has 0 fully saturated rings. The van der Waals surface area contributed by atoms with Crippen LogP contribution < -0.4 is 21.9 Å². The molecular weight excluding hydrogens is 394 g/mol. The highest BCUT2D eigenvalue weighted by atomic mass is 16.2. The first-order valence-corrected chi connectivity index (χ1v) is 10.1. The minimum absolute atomic E-state index is 0.00357. The van der Waals surface area contributed by atoms with Crippen LogP contribution in [0.4, 0.5) is 11.5 Å². The Bertz CT molecular complexity index is 1140. The Hall–Kier alpha value is -3.65. The summed E-state index contributed by atoms with van der Waals surface area (Å²) in [4.78, 5) is 43.5. The van der Waals surface area contributed by atoms with Crippen molar-refractivity contribution in [2.24, 2.45) is 0 Å². The topological polar surface area (TPSA) is 104 Å². The molecule has 3 N–H and O–H groups in total. The van der Waals surface area contributed by atoms with Crippen LogP contribution in [0.15, 0.2) is 70.3 Å². The summed E-state index contributed by atoms with van der Waals surface area (Å²) in [5.41, 5.74) is 6.88. The average molecular weight is 422 g/mol. The summed E-state index contributed by atoms with van der Waals surface area (Å²) in [5, 5.41) is 0. The standard InChI is InChI=1S/C23H27N5O3/c1-3-27(19(29)16-26(2)14-17-10-6-4-7-11-17)20-21(24)28(23(31)25-22(20)30)15-18-12-8-5-9-13-18/h4-13H,3,14-16,24H2,1-2H3,(H,25,30,31). The van der Waals surface area contributed by atoms with Crippen molar-refractivity contribution in [3.8, 4) is 0 Å². The zero-order chi connectivity index (χ0) is 22.4. The molecule has 3 rings (SSSR count). The SMILES string of the molecule is CCN(C(=O)CN(C)Cc1ccccc1)c1c(N)n(Cc2ccccc2)c(=O)[nH]c1=O. The van der Waals surface area contributed by atoms with Crippen molar-refractivity contribution in [2.75, 3.05) is 30.8 Å². The summed E-state index contributed by atoms with van der Waals surface area (Å²) in [6, 6.07) is 19.1. The van der Waals surface area contributed by atoms with E-state index in [1.54, 1.807) is 6.92 Å². The Kier molecular flexibility index (Phi) is 7.04. The minimum Gasteiger partial charge on any atom is -0.383 e. The predicted molar refractivity (Wildman–Crippen MR) is 122 cm³/mol. The van der Waals surface area contributed by atoms with Gasteiger partial charge >= 0.3 is 5.69 Å². The van der Waals surface area contributed by atoms with Gasteiger partial charge in [0.2, 0.25) is 5.91 Å². The summed E-state index contributed by atoms with van der Waals surface area (Å²) in [7, 11) is 1.84. The number of H-pyrrole nitrogens is 1. The lowest BCUT2D eigenvalue weighted by Gasteiger charge is -2.25. The van der Waals surface area contributed by atoms with Gasteiger partial charge in [0.15, 0.2) is 5.69 Å². The molecule has 1 aromatic heterocycles. The molecule has 0 aliphatic carbocycles. The highest BCUT2D eigenvalue weighted by Gasteiger charge is 2.24. The van der Waals surface area contributed by atoms with Crippen molar-refractivity contribution in [2.45, 2.75) is 20.0 Å². The van der Waals surface area contributed by atoms with Gasteiger partial charge in [-0.2, -0.15) is 0 Å². The second-order valence-corrected chi connectivity index (χ2v) is 7.36. The van der Waals surface area contributed by atoms with Crippen molar-refractivity contribution in [1.82, 2.24) is 14.5 Å². The summed E-state index contributed by atoms with van der Waals surface area (Å²) in [6.07, 6.45) is 0. The molecule has 1 amide bonds. The lowest BCUT2D eigenvalue weighted by atomic mass is 10.2. The fourth-order valence-corrected chi connectivity index (χ4v) is 3.49. The van der Waals surface area contributed by atoms with E-state index in [0.29, 0.717) is 6.54 Å². The van der Waals surface area contributed by atoms with Crippen LogP contribution in [0.3, 0.4) is 0 Å². The second kappa shape index (κ2) is 9.90. The zero-order valence-corrected chi connectivity index (χ0v) is 17.7. The number of anilines is 2. The number of likely N-dealkylation sites (N-methyl/N-ethyl adjacent to an activating group) is 2. The molecule has 0 radical (unpaired) electrons. The van der Waals surface area contributed by atoms with Crippen LogP contribution in [-0.4, -0.2) is 40.5 Å². The Labute approximate surface area is 180 Å². The predicted octanol–water partition coefficient (Wildman–Crippen LogP) is 1.65. The fraction of sp³-hybridized carbons (Fsp3) is 0.261. The van der Waals surface area contributed by atoms with Crippen LogP contribution in [0.25, 0.3) is 0 Å². The molecule has 0 unspecified atom stereocenters. The molecule has 0 bridgehead atoms. The molecule has 0 atom stereocenters. The number of nitrogens with two attached hydrogens (primary N) is 1. The van der Waals surface area contributed by atoms with Crippen LogP contribution in [0.2, 0.25) is 0 Å². The number of aromatic nitrogens is 2. The third kappa shape index (κ3) is 5.29. The van der Waals surface area contributed by atoms with Gasteiger partial charge in [0.25, 0.3) is 5.56 Å². The smallest absolute Gasteiger partial charge is 0.330 e. The molecule has 3 aromatic rings. The number of amides is 1. The van der Waals surface area contributed by atoms with Gasteiger partial charge in [0, 0.05) is 13.1 Å². The maximum atomic E-state index is 13.0. The molecule has 1 heterocycles. The van der Waals surface area contributed by atoms with Gasteiger partial charge in [-0.15, -0.1) is 0 Å². The molecule has 0 saturated carbocycles. The molecule has 0 aliphatic rings. The van der Waals surface area contributed by atoms with Crippen molar-refractivity contribution >= 4 is 17.4 Å². The molecule has 8 heteroatoms. The Morgan fingerprint density at radius 3 is 2.16 bits per heavy atom. The first-order valence-electron chi connectivity index (χ1n) is 10.1. The Morgan fingerprint density at radius 1 is 1.00 bits per heavy atom. The van der Waals surface area contributed by atoms with E-state index in [2.05, 4.69) is 4.98 Å². The molecule has 2 aromatic carbocycles. The number of hydrogen-bond donors (Lipinski definition) is 2. The first-order chi connectivity index (χ1) is 14.9. The Balaban J connectivity index is 1.86. The number of nitrogens with one attached hydrogen (secondary N) is 1. The van der Waals surface area contributed by atoms with Crippen LogP contribution in [0.1, 0.15) is 18.1 Å². The highest BCUT2D eigenvalue weighted by Crippen LogP contribution is 2.18. The van der Waals surface area contributed by atoms with Gasteiger partial charge in [-0.05, 0) is 25.1 Å². The van der Waals surface area contributed by atoms with Gasteiger partial charge in [-0.25, -0.2) is 4.79 Å². The highest BCUT2D eigenvalue weighted by molar-refractivity contribution is 5.96. The molecule has 0 aliphatic heterocycles. The van der Waals surface area contributed by atoms with E-state index >= 15 is 0 Å².